The van der Waals surface area contributed by atoms with E-state index in [1.54, 1.807) is 24.4 Å². The van der Waals surface area contributed by atoms with Gasteiger partial charge in [0.25, 0.3) is 0 Å². The van der Waals surface area contributed by atoms with Crippen molar-refractivity contribution in [2.45, 2.75) is 0 Å². The highest BCUT2D eigenvalue weighted by atomic mass is 16.3. The normalized spacial score (nSPS) is 10.8. The number of nitrogens with zero attached hydrogens (tertiary/aromatic N) is 3. The molecule has 0 fully saturated rings. The van der Waals surface area contributed by atoms with Crippen molar-refractivity contribution in [3.05, 3.63) is 42.6 Å². The van der Waals surface area contributed by atoms with E-state index in [2.05, 4.69) is 15.2 Å². The number of azo groups is 1. The lowest BCUT2D eigenvalue weighted by molar-refractivity contribution is 0.461. The smallest absolute Gasteiger partial charge is 0.174 e. The standard InChI is InChI=1S/C11H9N3O2/c15-8-4-5-10(16)9(7-8)13-14-11-3-1-2-6-12-11/h1-7,15-16H. The van der Waals surface area contributed by atoms with Crippen LogP contribution in [-0.4, -0.2) is 15.2 Å². The topological polar surface area (TPSA) is 78.1 Å². The first-order valence-corrected chi connectivity index (χ1v) is 4.60. The van der Waals surface area contributed by atoms with Crippen LogP contribution in [0.4, 0.5) is 11.5 Å². The summed E-state index contributed by atoms with van der Waals surface area (Å²) < 4.78 is 0. The minimum atomic E-state index is -0.0440. The Bertz CT molecular complexity index is 512. The van der Waals surface area contributed by atoms with Gasteiger partial charge in [-0.05, 0) is 24.3 Å². The molecule has 2 N–H and O–H groups in total. The third-order valence-electron chi connectivity index (χ3n) is 1.87. The highest BCUT2D eigenvalue weighted by Crippen LogP contribution is 2.30. The maximum absolute atomic E-state index is 9.43. The van der Waals surface area contributed by atoms with E-state index in [-0.39, 0.29) is 17.2 Å². The van der Waals surface area contributed by atoms with E-state index in [0.717, 1.165) is 0 Å². The summed E-state index contributed by atoms with van der Waals surface area (Å²) >= 11 is 0. The van der Waals surface area contributed by atoms with Crippen LogP contribution in [0, 0.1) is 0 Å². The van der Waals surface area contributed by atoms with Crippen molar-refractivity contribution >= 4 is 11.5 Å². The Kier molecular flexibility index (Phi) is 2.77. The van der Waals surface area contributed by atoms with Crippen molar-refractivity contribution < 1.29 is 10.2 Å². The van der Waals surface area contributed by atoms with Crippen molar-refractivity contribution in [3.63, 3.8) is 0 Å². The van der Waals surface area contributed by atoms with E-state index >= 15 is 0 Å². The lowest BCUT2D eigenvalue weighted by atomic mass is 10.3. The first-order chi connectivity index (χ1) is 7.75. The second-order valence-corrected chi connectivity index (χ2v) is 3.06. The molecule has 0 atom stereocenters. The fraction of sp³-hybridized carbons (Fsp3) is 0. The molecule has 0 amide bonds. The van der Waals surface area contributed by atoms with Gasteiger partial charge in [-0.25, -0.2) is 4.98 Å². The minimum Gasteiger partial charge on any atom is -0.508 e. The summed E-state index contributed by atoms with van der Waals surface area (Å²) in [5.74, 6) is 0.412. The van der Waals surface area contributed by atoms with Crippen LogP contribution in [0.1, 0.15) is 0 Å². The van der Waals surface area contributed by atoms with Crippen molar-refractivity contribution in [1.82, 2.24) is 4.98 Å². The Morgan fingerprint density at radius 2 is 1.88 bits per heavy atom. The maximum Gasteiger partial charge on any atom is 0.174 e. The quantitative estimate of drug-likeness (QED) is 0.597. The summed E-state index contributed by atoms with van der Waals surface area (Å²) in [4.78, 5) is 3.94. The molecule has 0 spiro atoms. The molecule has 0 saturated heterocycles. The van der Waals surface area contributed by atoms with Crippen molar-refractivity contribution in [1.29, 1.82) is 0 Å². The number of phenols is 2. The van der Waals surface area contributed by atoms with Crippen LogP contribution in [0.5, 0.6) is 11.5 Å². The van der Waals surface area contributed by atoms with E-state index in [1.807, 2.05) is 0 Å². The number of benzene rings is 1. The number of aromatic hydroxyl groups is 2. The highest BCUT2D eigenvalue weighted by Gasteiger charge is 2.00. The number of pyridine rings is 1. The predicted molar refractivity (Wildman–Crippen MR) is 58.2 cm³/mol. The average molecular weight is 215 g/mol. The van der Waals surface area contributed by atoms with Gasteiger partial charge in [-0.1, -0.05) is 6.07 Å². The third kappa shape index (κ3) is 2.33. The number of rotatable bonds is 2. The largest absolute Gasteiger partial charge is 0.508 e. The van der Waals surface area contributed by atoms with Gasteiger partial charge in [0.2, 0.25) is 0 Å². The van der Waals surface area contributed by atoms with Gasteiger partial charge < -0.3 is 10.2 Å². The molecule has 80 valence electrons. The number of hydrogen-bond donors (Lipinski definition) is 2. The highest BCUT2D eigenvalue weighted by molar-refractivity contribution is 5.54. The van der Waals surface area contributed by atoms with Gasteiger partial charge in [-0.3, -0.25) is 0 Å². The summed E-state index contributed by atoms with van der Waals surface area (Å²) in [6, 6.07) is 9.27. The Morgan fingerprint density at radius 3 is 2.62 bits per heavy atom. The van der Waals surface area contributed by atoms with Crippen LogP contribution >= 0.6 is 0 Å². The average Bonchev–Trinajstić information content (AvgIpc) is 2.32. The zero-order chi connectivity index (χ0) is 11.4. The van der Waals surface area contributed by atoms with E-state index in [4.69, 9.17) is 0 Å². The lowest BCUT2D eigenvalue weighted by Crippen LogP contribution is -1.71. The Hall–Kier alpha value is -2.43. The molecule has 1 heterocycles. The van der Waals surface area contributed by atoms with E-state index in [0.29, 0.717) is 5.82 Å². The van der Waals surface area contributed by atoms with Gasteiger partial charge in [-0.15, -0.1) is 10.2 Å². The molecule has 0 bridgehead atoms. The summed E-state index contributed by atoms with van der Waals surface area (Å²) in [6.07, 6.45) is 1.59. The Balaban J connectivity index is 2.27. The van der Waals surface area contributed by atoms with Gasteiger partial charge in [0.05, 0.1) is 0 Å². The van der Waals surface area contributed by atoms with Crippen LogP contribution in [0.15, 0.2) is 52.8 Å². The molecule has 1 aromatic carbocycles. The molecule has 16 heavy (non-hydrogen) atoms. The molecular formula is C11H9N3O2. The van der Waals surface area contributed by atoms with Gasteiger partial charge in [0.1, 0.15) is 17.2 Å². The number of aromatic nitrogens is 1. The van der Waals surface area contributed by atoms with Crippen molar-refractivity contribution in [3.8, 4) is 11.5 Å². The molecule has 0 unspecified atom stereocenters. The zero-order valence-corrected chi connectivity index (χ0v) is 8.28. The second kappa shape index (κ2) is 4.39. The predicted octanol–water partition coefficient (Wildman–Crippen LogP) is 2.91. The van der Waals surface area contributed by atoms with Gasteiger partial charge in [0, 0.05) is 12.3 Å². The number of phenolic OH excluding ortho intramolecular Hbond substituents is 2. The summed E-state index contributed by atoms with van der Waals surface area (Å²) in [7, 11) is 0. The first-order valence-electron chi connectivity index (χ1n) is 4.60. The molecule has 1 aromatic heterocycles. The fourth-order valence-electron chi connectivity index (χ4n) is 1.11. The van der Waals surface area contributed by atoms with Crippen molar-refractivity contribution in [2.24, 2.45) is 10.2 Å². The SMILES string of the molecule is Oc1ccc(O)c(N=Nc2ccccn2)c1. The second-order valence-electron chi connectivity index (χ2n) is 3.06. The van der Waals surface area contributed by atoms with Crippen molar-refractivity contribution in [2.75, 3.05) is 0 Å². The summed E-state index contributed by atoms with van der Waals surface area (Å²) in [5.41, 5.74) is 0.200. The minimum absolute atomic E-state index is 0.0211. The zero-order valence-electron chi connectivity index (χ0n) is 8.28. The molecular weight excluding hydrogens is 206 g/mol. The van der Waals surface area contributed by atoms with Crippen LogP contribution < -0.4 is 0 Å². The molecule has 5 nitrogen and oxygen atoms in total. The van der Waals surface area contributed by atoms with E-state index in [1.165, 1.54) is 18.2 Å². The Labute approximate surface area is 91.7 Å². The van der Waals surface area contributed by atoms with Crippen LogP contribution in [0.2, 0.25) is 0 Å². The summed E-state index contributed by atoms with van der Waals surface area (Å²) in [5, 5.41) is 26.2. The summed E-state index contributed by atoms with van der Waals surface area (Å²) in [6.45, 7) is 0. The molecule has 0 aliphatic carbocycles. The van der Waals surface area contributed by atoms with Crippen LogP contribution in [-0.2, 0) is 0 Å². The van der Waals surface area contributed by atoms with E-state index < -0.39 is 0 Å². The molecule has 2 rings (SSSR count). The van der Waals surface area contributed by atoms with Crippen LogP contribution in [0.25, 0.3) is 0 Å². The van der Waals surface area contributed by atoms with Crippen LogP contribution in [0.3, 0.4) is 0 Å². The Morgan fingerprint density at radius 1 is 1.00 bits per heavy atom. The first kappa shape index (κ1) is 10.1. The number of hydrogen-bond acceptors (Lipinski definition) is 5. The van der Waals surface area contributed by atoms with E-state index in [9.17, 15) is 10.2 Å². The van der Waals surface area contributed by atoms with Gasteiger partial charge in [-0.2, -0.15) is 0 Å². The molecule has 0 saturated carbocycles. The van der Waals surface area contributed by atoms with Gasteiger partial charge in [0.15, 0.2) is 5.82 Å². The maximum atomic E-state index is 9.43. The lowest BCUT2D eigenvalue weighted by Gasteiger charge is -1.97. The molecule has 0 aliphatic rings. The third-order valence-corrected chi connectivity index (χ3v) is 1.87. The van der Waals surface area contributed by atoms with Gasteiger partial charge >= 0.3 is 0 Å². The molecule has 2 aromatic rings. The molecule has 0 radical (unpaired) electrons. The monoisotopic (exact) mass is 215 g/mol. The fourth-order valence-corrected chi connectivity index (χ4v) is 1.11. The molecule has 5 heteroatoms. The molecule has 0 aliphatic heterocycles.